The molecule has 0 bridgehead atoms. The summed E-state index contributed by atoms with van der Waals surface area (Å²) in [5, 5.41) is 17.0. The van der Waals surface area contributed by atoms with Crippen molar-refractivity contribution in [2.24, 2.45) is 5.73 Å². The number of aliphatic carboxylic acids is 2. The number of carbonyl (C=O) groups is 2. The highest BCUT2D eigenvalue weighted by molar-refractivity contribution is 6.43. The van der Waals surface area contributed by atoms with E-state index in [1.807, 2.05) is 6.08 Å². The van der Waals surface area contributed by atoms with Crippen LogP contribution in [-0.2, 0) is 9.59 Å². The van der Waals surface area contributed by atoms with Crippen molar-refractivity contribution in [2.75, 3.05) is 13.2 Å². The van der Waals surface area contributed by atoms with E-state index in [9.17, 15) is 9.59 Å². The SMILES string of the molecule is C=CCCCCC.NCCC(=O)O.O=C(O)COc1cc(Cl)c(Cl)cc1Cl. The summed E-state index contributed by atoms with van der Waals surface area (Å²) in [6.45, 7) is 5.60. The molecular formula is C18H26Cl3NO5. The molecule has 0 fully saturated rings. The van der Waals surface area contributed by atoms with Gasteiger partial charge in [-0.3, -0.25) is 4.79 Å². The van der Waals surface area contributed by atoms with Gasteiger partial charge >= 0.3 is 11.9 Å². The molecule has 0 radical (unpaired) electrons. The third kappa shape index (κ3) is 17.7. The maximum atomic E-state index is 10.2. The third-order valence-electron chi connectivity index (χ3n) is 2.70. The number of hydrogen-bond acceptors (Lipinski definition) is 4. The topological polar surface area (TPSA) is 110 Å². The van der Waals surface area contributed by atoms with Crippen molar-refractivity contribution in [1.29, 1.82) is 0 Å². The van der Waals surface area contributed by atoms with E-state index in [1.165, 1.54) is 37.8 Å². The fourth-order valence-electron chi connectivity index (χ4n) is 1.42. The lowest BCUT2D eigenvalue weighted by atomic mass is 10.2. The zero-order chi connectivity index (χ0) is 21.2. The smallest absolute Gasteiger partial charge is 0.341 e. The van der Waals surface area contributed by atoms with Crippen LogP contribution in [0.1, 0.15) is 39.0 Å². The molecule has 0 saturated carbocycles. The van der Waals surface area contributed by atoms with Gasteiger partial charge in [-0.05, 0) is 18.9 Å². The molecule has 0 aromatic heterocycles. The van der Waals surface area contributed by atoms with Gasteiger partial charge in [0.1, 0.15) is 5.75 Å². The average Bonchev–Trinajstić information content (AvgIpc) is 2.58. The van der Waals surface area contributed by atoms with Crippen molar-refractivity contribution in [2.45, 2.75) is 39.0 Å². The number of rotatable bonds is 9. The summed E-state index contributed by atoms with van der Waals surface area (Å²) in [7, 11) is 0. The minimum Gasteiger partial charge on any atom is -0.481 e. The van der Waals surface area contributed by atoms with E-state index in [0.29, 0.717) is 5.02 Å². The number of nitrogens with two attached hydrogens (primary N) is 1. The van der Waals surface area contributed by atoms with E-state index in [0.717, 1.165) is 0 Å². The normalized spacial score (nSPS) is 9.22. The van der Waals surface area contributed by atoms with Gasteiger partial charge in [0, 0.05) is 12.6 Å². The van der Waals surface area contributed by atoms with Crippen LogP contribution >= 0.6 is 34.8 Å². The van der Waals surface area contributed by atoms with Gasteiger partial charge in [-0.2, -0.15) is 0 Å². The van der Waals surface area contributed by atoms with Crippen molar-refractivity contribution < 1.29 is 24.5 Å². The summed E-state index contributed by atoms with van der Waals surface area (Å²) >= 11 is 17.1. The van der Waals surface area contributed by atoms with E-state index in [-0.39, 0.29) is 28.8 Å². The molecule has 0 aliphatic carbocycles. The van der Waals surface area contributed by atoms with Gasteiger partial charge in [0.05, 0.1) is 21.5 Å². The molecule has 0 unspecified atom stereocenters. The Bertz CT molecular complexity index is 582. The van der Waals surface area contributed by atoms with Crippen molar-refractivity contribution in [3.8, 4) is 5.75 Å². The third-order valence-corrected chi connectivity index (χ3v) is 3.71. The standard InChI is InChI=1S/C8H5Cl3O3.C7H14.C3H7NO2/c9-4-1-6(11)7(2-5(4)10)14-3-8(12)13;1-3-5-7-6-4-2;4-2-1-3(5)6/h1-2H,3H2,(H,12,13);3H,1,4-7H2,2H3;1-2,4H2,(H,5,6). The number of carboxylic acids is 2. The number of benzene rings is 1. The maximum absolute atomic E-state index is 10.2. The summed E-state index contributed by atoms with van der Waals surface area (Å²) in [6, 6.07) is 2.76. The van der Waals surface area contributed by atoms with Crippen LogP contribution in [0.15, 0.2) is 24.8 Å². The second-order valence-electron chi connectivity index (χ2n) is 5.10. The first-order valence-electron chi connectivity index (χ1n) is 8.21. The Morgan fingerprint density at radius 1 is 1.11 bits per heavy atom. The lowest BCUT2D eigenvalue weighted by molar-refractivity contribution is -0.139. The highest BCUT2D eigenvalue weighted by Gasteiger charge is 2.08. The van der Waals surface area contributed by atoms with Crippen LogP contribution in [0, 0.1) is 0 Å². The fourth-order valence-corrected chi connectivity index (χ4v) is 2.01. The molecule has 0 atom stereocenters. The molecule has 4 N–H and O–H groups in total. The van der Waals surface area contributed by atoms with Crippen LogP contribution in [0.25, 0.3) is 0 Å². The summed E-state index contributed by atoms with van der Waals surface area (Å²) in [5.41, 5.74) is 4.85. The zero-order valence-corrected chi connectivity index (χ0v) is 17.5. The molecule has 154 valence electrons. The number of hydrogen-bond donors (Lipinski definition) is 3. The Hall–Kier alpha value is -1.47. The molecule has 0 spiro atoms. The Labute approximate surface area is 174 Å². The minimum absolute atomic E-state index is 0.0694. The van der Waals surface area contributed by atoms with Gasteiger partial charge in [0.25, 0.3) is 0 Å². The van der Waals surface area contributed by atoms with E-state index in [1.54, 1.807) is 0 Å². The van der Waals surface area contributed by atoms with Crippen LogP contribution in [0.2, 0.25) is 15.1 Å². The molecule has 1 rings (SSSR count). The first-order chi connectivity index (χ1) is 12.7. The molecule has 9 heteroatoms. The molecule has 1 aromatic carbocycles. The lowest BCUT2D eigenvalue weighted by Crippen LogP contribution is -2.09. The average molecular weight is 443 g/mol. The quantitative estimate of drug-likeness (QED) is 0.272. The second-order valence-corrected chi connectivity index (χ2v) is 6.32. The van der Waals surface area contributed by atoms with Gasteiger partial charge in [0.15, 0.2) is 6.61 Å². The Balaban J connectivity index is 0. The zero-order valence-electron chi connectivity index (χ0n) is 15.2. The Morgan fingerprint density at radius 2 is 1.70 bits per heavy atom. The highest BCUT2D eigenvalue weighted by Crippen LogP contribution is 2.33. The van der Waals surface area contributed by atoms with Crippen molar-refractivity contribution in [3.05, 3.63) is 39.9 Å². The maximum Gasteiger partial charge on any atom is 0.341 e. The molecule has 0 aliphatic heterocycles. The molecule has 1 aromatic rings. The van der Waals surface area contributed by atoms with E-state index in [2.05, 4.69) is 13.5 Å². The number of unbranched alkanes of at least 4 members (excludes halogenated alkanes) is 3. The van der Waals surface area contributed by atoms with Crippen molar-refractivity contribution in [3.63, 3.8) is 0 Å². The van der Waals surface area contributed by atoms with Gasteiger partial charge in [-0.15, -0.1) is 6.58 Å². The van der Waals surface area contributed by atoms with Crippen LogP contribution in [0.5, 0.6) is 5.75 Å². The number of ether oxygens (including phenoxy) is 1. The first-order valence-corrected chi connectivity index (χ1v) is 9.34. The minimum atomic E-state index is -1.09. The van der Waals surface area contributed by atoms with Gasteiger partial charge < -0.3 is 20.7 Å². The summed E-state index contributed by atoms with van der Waals surface area (Å²) in [6.07, 6.45) is 7.23. The molecule has 6 nitrogen and oxygen atoms in total. The number of allylic oxidation sites excluding steroid dienone is 1. The van der Waals surface area contributed by atoms with E-state index >= 15 is 0 Å². The molecule has 0 heterocycles. The van der Waals surface area contributed by atoms with E-state index < -0.39 is 18.5 Å². The van der Waals surface area contributed by atoms with Gasteiger partial charge in [0.2, 0.25) is 0 Å². The summed E-state index contributed by atoms with van der Waals surface area (Å²) < 4.78 is 4.86. The van der Waals surface area contributed by atoms with Gasteiger partial charge in [-0.1, -0.05) is 60.6 Å². The lowest BCUT2D eigenvalue weighted by Gasteiger charge is -2.06. The molecule has 0 saturated heterocycles. The highest BCUT2D eigenvalue weighted by atomic mass is 35.5. The van der Waals surface area contributed by atoms with Crippen LogP contribution < -0.4 is 10.5 Å². The van der Waals surface area contributed by atoms with Crippen LogP contribution in [-0.4, -0.2) is 35.3 Å². The van der Waals surface area contributed by atoms with Gasteiger partial charge in [-0.25, -0.2) is 4.79 Å². The number of carboxylic acid groups (broad SMARTS) is 2. The molecule has 0 amide bonds. The van der Waals surface area contributed by atoms with Crippen LogP contribution in [0.4, 0.5) is 0 Å². The largest absolute Gasteiger partial charge is 0.481 e. The predicted octanol–water partition coefficient (Wildman–Crippen LogP) is 5.28. The fraction of sp³-hybridized carbons (Fsp3) is 0.444. The second kappa shape index (κ2) is 17.9. The Morgan fingerprint density at radius 3 is 2.11 bits per heavy atom. The van der Waals surface area contributed by atoms with Crippen molar-refractivity contribution >= 4 is 46.7 Å². The summed E-state index contributed by atoms with van der Waals surface area (Å²) in [4.78, 5) is 19.7. The monoisotopic (exact) mass is 441 g/mol. The Kier molecular flexibility index (Phi) is 18.4. The predicted molar refractivity (Wildman–Crippen MR) is 110 cm³/mol. The first kappa shape index (κ1) is 27.7. The van der Waals surface area contributed by atoms with Crippen LogP contribution in [0.3, 0.4) is 0 Å². The molecular weight excluding hydrogens is 417 g/mol. The van der Waals surface area contributed by atoms with Crippen molar-refractivity contribution in [1.82, 2.24) is 0 Å². The number of halogens is 3. The van der Waals surface area contributed by atoms with E-state index in [4.69, 9.17) is 55.5 Å². The molecule has 0 aliphatic rings. The summed E-state index contributed by atoms with van der Waals surface area (Å²) in [5.74, 6) is -1.73. The molecule has 27 heavy (non-hydrogen) atoms.